The maximum absolute atomic E-state index is 13.6. The van der Waals surface area contributed by atoms with Crippen LogP contribution in [0.15, 0.2) is 57.5 Å². The van der Waals surface area contributed by atoms with Crippen molar-refractivity contribution in [3.63, 3.8) is 0 Å². The van der Waals surface area contributed by atoms with Crippen LogP contribution in [0.5, 0.6) is 0 Å². The Bertz CT molecular complexity index is 1000. The van der Waals surface area contributed by atoms with Gasteiger partial charge in [0.05, 0.1) is 11.6 Å². The van der Waals surface area contributed by atoms with E-state index in [1.54, 1.807) is 0 Å². The number of hydrogen-bond donors (Lipinski definition) is 1. The lowest BCUT2D eigenvalue weighted by molar-refractivity contribution is -0.119. The van der Waals surface area contributed by atoms with Crippen molar-refractivity contribution in [2.75, 3.05) is 11.4 Å². The van der Waals surface area contributed by atoms with Gasteiger partial charge in [-0.25, -0.2) is 0 Å². The summed E-state index contributed by atoms with van der Waals surface area (Å²) in [5, 5.41) is 12.3. The maximum atomic E-state index is 13.6. The Morgan fingerprint density at radius 3 is 2.84 bits per heavy atom. The van der Waals surface area contributed by atoms with Gasteiger partial charge in [0.15, 0.2) is 11.9 Å². The van der Waals surface area contributed by atoms with Crippen LogP contribution in [0.1, 0.15) is 71.8 Å². The van der Waals surface area contributed by atoms with Gasteiger partial charge in [0.25, 0.3) is 0 Å². The molecule has 3 aliphatic heterocycles. The summed E-state index contributed by atoms with van der Waals surface area (Å²) in [6.07, 6.45) is 7.80. The van der Waals surface area contributed by atoms with Crippen molar-refractivity contribution in [1.82, 2.24) is 5.32 Å². The van der Waals surface area contributed by atoms with Crippen LogP contribution in [0.25, 0.3) is 0 Å². The zero-order valence-electron chi connectivity index (χ0n) is 19.2. The first-order valence-corrected chi connectivity index (χ1v) is 11.9. The molecule has 1 aromatic carbocycles. The molecular formula is C26H34N4O. The van der Waals surface area contributed by atoms with Crippen molar-refractivity contribution < 1.29 is 4.79 Å². The molecule has 1 N–H and O–H groups in total. The lowest BCUT2D eigenvalue weighted by atomic mass is 9.59. The minimum absolute atomic E-state index is 0.0373. The molecule has 0 aromatic heterocycles. The molecule has 0 saturated carbocycles. The number of anilines is 1. The third kappa shape index (κ3) is 3.16. The van der Waals surface area contributed by atoms with Crippen molar-refractivity contribution in [3.05, 3.63) is 52.9 Å². The van der Waals surface area contributed by atoms with Gasteiger partial charge in [-0.15, -0.1) is 0 Å². The Balaban J connectivity index is 1.68. The van der Waals surface area contributed by atoms with E-state index >= 15 is 0 Å². The summed E-state index contributed by atoms with van der Waals surface area (Å²) in [7, 11) is 0. The molecule has 3 heterocycles. The largest absolute Gasteiger partial charge is 0.369 e. The molecule has 164 valence electrons. The number of hydrogen-bond acceptors (Lipinski definition) is 5. The number of rotatable bonds is 3. The Morgan fingerprint density at radius 1 is 1.23 bits per heavy atom. The lowest BCUT2D eigenvalue weighted by Crippen LogP contribution is -2.51. The van der Waals surface area contributed by atoms with E-state index in [4.69, 9.17) is 0 Å². The molecular weight excluding hydrogens is 384 g/mol. The van der Waals surface area contributed by atoms with Crippen LogP contribution in [0, 0.1) is 5.41 Å². The summed E-state index contributed by atoms with van der Waals surface area (Å²) < 4.78 is 0. The number of carbonyl (C=O) groups is 1. The van der Waals surface area contributed by atoms with E-state index in [0.29, 0.717) is 12.5 Å². The van der Waals surface area contributed by atoms with E-state index in [1.807, 2.05) is 6.20 Å². The van der Waals surface area contributed by atoms with Crippen LogP contribution in [0.2, 0.25) is 0 Å². The summed E-state index contributed by atoms with van der Waals surface area (Å²) in [6, 6.07) is 9.49. The van der Waals surface area contributed by atoms with Crippen LogP contribution >= 0.6 is 0 Å². The standard InChI is InChI=1S/C26H34N4O/c1-5-26(18-10-8-11-19(13-18)30-12-7-6-9-17(30)2)20-16-27-29-24(20)28-21-14-25(3,4)15-22(31)23(21)26/h8,10-11,13,16-17,24,28H,5-7,9,12,14-15H2,1-4H3/t17-,24?,26-/m1/s1. The smallest absolute Gasteiger partial charge is 0.164 e. The van der Waals surface area contributed by atoms with Gasteiger partial charge in [-0.3, -0.25) is 4.79 Å². The number of ketones is 1. The van der Waals surface area contributed by atoms with E-state index in [2.05, 4.69) is 72.4 Å². The number of carbonyl (C=O) groups excluding carboxylic acids is 1. The van der Waals surface area contributed by atoms with Gasteiger partial charge in [-0.1, -0.05) is 32.9 Å². The van der Waals surface area contributed by atoms with Crippen molar-refractivity contribution >= 4 is 11.5 Å². The van der Waals surface area contributed by atoms with Crippen molar-refractivity contribution in [3.8, 4) is 0 Å². The Hall–Kier alpha value is -2.43. The first kappa shape index (κ1) is 20.5. The molecule has 0 spiro atoms. The second-order valence-corrected chi connectivity index (χ2v) is 10.5. The minimum Gasteiger partial charge on any atom is -0.369 e. The predicted octanol–water partition coefficient (Wildman–Crippen LogP) is 5.64. The summed E-state index contributed by atoms with van der Waals surface area (Å²) in [4.78, 5) is 16.2. The van der Waals surface area contributed by atoms with Crippen LogP contribution in [0.4, 0.5) is 5.69 Å². The second-order valence-electron chi connectivity index (χ2n) is 10.5. The van der Waals surface area contributed by atoms with Gasteiger partial charge in [0, 0.05) is 41.5 Å². The number of allylic oxidation sites excluding steroid dienone is 2. The summed E-state index contributed by atoms with van der Waals surface area (Å²) in [5.41, 5.74) is 5.12. The van der Waals surface area contributed by atoms with Gasteiger partial charge < -0.3 is 10.2 Å². The molecule has 0 amide bonds. The lowest BCUT2D eigenvalue weighted by Gasteiger charge is -2.48. The third-order valence-electron chi connectivity index (χ3n) is 7.78. The highest BCUT2D eigenvalue weighted by Crippen LogP contribution is 2.54. The molecule has 1 saturated heterocycles. The molecule has 31 heavy (non-hydrogen) atoms. The van der Waals surface area contributed by atoms with Gasteiger partial charge in [-0.05, 0) is 62.1 Å². The zero-order valence-corrected chi connectivity index (χ0v) is 19.2. The average Bonchev–Trinajstić information content (AvgIpc) is 3.20. The number of nitrogens with one attached hydrogen (secondary N) is 1. The summed E-state index contributed by atoms with van der Waals surface area (Å²) in [6.45, 7) is 10.00. The number of azo groups is 1. The average molecular weight is 419 g/mol. The summed E-state index contributed by atoms with van der Waals surface area (Å²) >= 11 is 0. The molecule has 3 atom stereocenters. The molecule has 5 nitrogen and oxygen atoms in total. The highest BCUT2D eigenvalue weighted by Gasteiger charge is 2.53. The second kappa shape index (κ2) is 7.32. The summed E-state index contributed by atoms with van der Waals surface area (Å²) in [5.74, 6) is 0.267. The number of fused-ring (bicyclic) bond motifs is 1. The fourth-order valence-corrected chi connectivity index (χ4v) is 6.32. The molecule has 1 unspecified atom stereocenters. The maximum Gasteiger partial charge on any atom is 0.164 e. The van der Waals surface area contributed by atoms with E-state index < -0.39 is 5.41 Å². The fraction of sp³-hybridized carbons (Fsp3) is 0.577. The van der Waals surface area contributed by atoms with Crippen LogP contribution < -0.4 is 10.2 Å². The quantitative estimate of drug-likeness (QED) is 0.691. The number of piperidine rings is 1. The zero-order chi connectivity index (χ0) is 21.8. The van der Waals surface area contributed by atoms with Crippen molar-refractivity contribution in [2.45, 2.75) is 83.8 Å². The van der Waals surface area contributed by atoms with Crippen LogP contribution in [-0.2, 0) is 10.2 Å². The molecule has 4 aliphatic rings. The van der Waals surface area contributed by atoms with Gasteiger partial charge >= 0.3 is 0 Å². The number of benzene rings is 1. The molecule has 5 rings (SSSR count). The highest BCUT2D eigenvalue weighted by molar-refractivity contribution is 6.01. The molecule has 1 fully saturated rings. The SMILES string of the molecule is CC[C@@]1(c2cccc(N3CCCC[C@H]3C)c2)C2=CN=NC2NC2=C1C(=O)CC(C)(C)C2. The first-order valence-electron chi connectivity index (χ1n) is 11.9. The Kier molecular flexibility index (Phi) is 4.83. The van der Waals surface area contributed by atoms with Gasteiger partial charge in [-0.2, -0.15) is 10.2 Å². The Morgan fingerprint density at radius 2 is 2.06 bits per heavy atom. The van der Waals surface area contributed by atoms with E-state index in [-0.39, 0.29) is 17.4 Å². The fourth-order valence-electron chi connectivity index (χ4n) is 6.32. The first-order chi connectivity index (χ1) is 14.9. The predicted molar refractivity (Wildman–Crippen MR) is 124 cm³/mol. The van der Waals surface area contributed by atoms with Crippen molar-refractivity contribution in [1.29, 1.82) is 0 Å². The van der Waals surface area contributed by atoms with Gasteiger partial charge in [0.1, 0.15) is 0 Å². The normalized spacial score (nSPS) is 31.8. The topological polar surface area (TPSA) is 57.1 Å². The third-order valence-corrected chi connectivity index (χ3v) is 7.78. The molecule has 0 bridgehead atoms. The number of nitrogens with zero attached hydrogens (tertiary/aromatic N) is 3. The van der Waals surface area contributed by atoms with E-state index in [0.717, 1.165) is 36.2 Å². The minimum atomic E-state index is -0.461. The van der Waals surface area contributed by atoms with Gasteiger partial charge in [0.2, 0.25) is 0 Å². The van der Waals surface area contributed by atoms with Crippen molar-refractivity contribution in [2.24, 2.45) is 15.6 Å². The molecule has 0 radical (unpaired) electrons. The van der Waals surface area contributed by atoms with E-state index in [9.17, 15) is 4.79 Å². The Labute approximate surface area is 185 Å². The van der Waals surface area contributed by atoms with Crippen LogP contribution in [0.3, 0.4) is 0 Å². The van der Waals surface area contributed by atoms with Crippen LogP contribution in [-0.4, -0.2) is 24.5 Å². The monoisotopic (exact) mass is 418 g/mol. The molecule has 1 aliphatic carbocycles. The highest BCUT2D eigenvalue weighted by atomic mass is 16.1. The number of Topliss-reactive ketones (excluding diaryl/α,β-unsaturated/α-hetero) is 1. The molecule has 5 heteroatoms. The van der Waals surface area contributed by atoms with E-state index in [1.165, 1.54) is 30.5 Å². The molecule has 1 aromatic rings.